The molecule has 0 N–H and O–H groups in total. The molecule has 2 heterocycles. The first-order chi connectivity index (χ1) is 8.24. The molecule has 0 bridgehead atoms. The minimum Gasteiger partial charge on any atom is -0.441 e. The van der Waals surface area contributed by atoms with Crippen LogP contribution in [0.3, 0.4) is 0 Å². The van der Waals surface area contributed by atoms with Gasteiger partial charge in [-0.25, -0.2) is 4.98 Å². The summed E-state index contributed by atoms with van der Waals surface area (Å²) in [6.07, 6.45) is 3.76. The summed E-state index contributed by atoms with van der Waals surface area (Å²) in [6, 6.07) is 1.60. The maximum absolute atomic E-state index is 8.45. The normalized spacial score (nSPS) is 10.0. The zero-order valence-electron chi connectivity index (χ0n) is 8.96. The second-order valence-electron chi connectivity index (χ2n) is 3.20. The topological polar surface area (TPSA) is 87.7 Å². The molecule has 0 unspecified atom stereocenters. The molecule has 7 heteroatoms. The van der Waals surface area contributed by atoms with Crippen LogP contribution in [0.4, 0.5) is 5.82 Å². The highest BCUT2D eigenvalue weighted by Gasteiger charge is 2.12. The van der Waals surface area contributed by atoms with Crippen molar-refractivity contribution in [2.45, 2.75) is 13.3 Å². The number of aromatic nitrogens is 2. The van der Waals surface area contributed by atoms with E-state index in [0.717, 1.165) is 12.2 Å². The summed E-state index contributed by atoms with van der Waals surface area (Å²) in [5.41, 5.74) is 8.93. The van der Waals surface area contributed by atoms with Gasteiger partial charge in [0, 0.05) is 17.5 Å². The van der Waals surface area contributed by atoms with Crippen molar-refractivity contribution < 1.29 is 4.42 Å². The van der Waals surface area contributed by atoms with Crippen molar-refractivity contribution in [2.75, 3.05) is 0 Å². The largest absolute Gasteiger partial charge is 0.441 e. The molecule has 0 aliphatic rings. The van der Waals surface area contributed by atoms with Crippen molar-refractivity contribution >= 4 is 17.4 Å². The van der Waals surface area contributed by atoms with Gasteiger partial charge in [-0.3, -0.25) is 4.98 Å². The van der Waals surface area contributed by atoms with Crippen molar-refractivity contribution in [3.05, 3.63) is 39.7 Å². The molecule has 0 radical (unpaired) electrons. The highest BCUT2D eigenvalue weighted by molar-refractivity contribution is 6.30. The number of nitrogens with zero attached hydrogens (tertiary/aromatic N) is 5. The fraction of sp³-hybridized carbons (Fsp3) is 0.200. The number of oxazole rings is 1. The Bertz CT molecular complexity index is 588. The Kier molecular flexibility index (Phi) is 3.27. The zero-order chi connectivity index (χ0) is 12.3. The average Bonchev–Trinajstić information content (AvgIpc) is 2.80. The van der Waals surface area contributed by atoms with Crippen LogP contribution < -0.4 is 0 Å². The van der Waals surface area contributed by atoms with Gasteiger partial charge in [0.25, 0.3) is 0 Å². The van der Waals surface area contributed by atoms with Crippen molar-refractivity contribution in [3.63, 3.8) is 0 Å². The van der Waals surface area contributed by atoms with E-state index in [1.165, 1.54) is 6.20 Å². The van der Waals surface area contributed by atoms with Crippen LogP contribution in [0.25, 0.3) is 21.9 Å². The molecule has 2 aromatic heterocycles. The van der Waals surface area contributed by atoms with Gasteiger partial charge < -0.3 is 4.42 Å². The van der Waals surface area contributed by atoms with E-state index in [1.54, 1.807) is 12.3 Å². The van der Waals surface area contributed by atoms with Gasteiger partial charge >= 0.3 is 0 Å². The van der Waals surface area contributed by atoms with Crippen molar-refractivity contribution in [1.29, 1.82) is 0 Å². The molecular weight excluding hydrogens is 242 g/mol. The Labute approximate surface area is 102 Å². The molecule has 0 fully saturated rings. The summed E-state index contributed by atoms with van der Waals surface area (Å²) in [7, 11) is 0. The first-order valence-electron chi connectivity index (χ1n) is 4.90. The molecule has 0 saturated heterocycles. The molecule has 0 atom stereocenters. The lowest BCUT2D eigenvalue weighted by Crippen LogP contribution is -1.82. The monoisotopic (exact) mass is 249 g/mol. The number of halogens is 1. The molecule has 0 aromatic carbocycles. The van der Waals surface area contributed by atoms with Crippen molar-refractivity contribution in [2.24, 2.45) is 5.11 Å². The SMILES string of the molecule is CCc1cnc(-c2cc(Cl)cnc2N=[N+]=[N-])o1. The van der Waals surface area contributed by atoms with Gasteiger partial charge in [0.2, 0.25) is 5.89 Å². The standard InChI is InChI=1S/C10H8ClN5O/c1-2-7-5-14-10(17-7)8-3-6(11)4-13-9(8)15-16-12/h3-5H,2H2,1H3. The van der Waals surface area contributed by atoms with Gasteiger partial charge in [-0.1, -0.05) is 18.5 Å². The molecule has 0 spiro atoms. The van der Waals surface area contributed by atoms with Gasteiger partial charge in [0.15, 0.2) is 0 Å². The van der Waals surface area contributed by atoms with Crippen LogP contribution in [0.15, 0.2) is 28.0 Å². The van der Waals surface area contributed by atoms with Crippen LogP contribution in [0, 0.1) is 0 Å². The third kappa shape index (κ3) is 2.38. The van der Waals surface area contributed by atoms with E-state index >= 15 is 0 Å². The second kappa shape index (κ2) is 4.86. The lowest BCUT2D eigenvalue weighted by atomic mass is 10.2. The van der Waals surface area contributed by atoms with E-state index in [4.69, 9.17) is 21.5 Å². The predicted molar refractivity (Wildman–Crippen MR) is 62.9 cm³/mol. The summed E-state index contributed by atoms with van der Waals surface area (Å²) in [6.45, 7) is 1.95. The zero-order valence-corrected chi connectivity index (χ0v) is 9.72. The van der Waals surface area contributed by atoms with E-state index in [2.05, 4.69) is 20.0 Å². The van der Waals surface area contributed by atoms with Crippen LogP contribution in [0.5, 0.6) is 0 Å². The molecule has 86 valence electrons. The van der Waals surface area contributed by atoms with E-state index in [9.17, 15) is 0 Å². The smallest absolute Gasteiger partial charge is 0.228 e. The predicted octanol–water partition coefficient (Wildman–Crippen LogP) is 3.89. The minimum absolute atomic E-state index is 0.196. The van der Waals surface area contributed by atoms with Gasteiger partial charge in [-0.15, -0.1) is 0 Å². The maximum Gasteiger partial charge on any atom is 0.228 e. The molecular formula is C10H8ClN5O. The van der Waals surface area contributed by atoms with Crippen LogP contribution in [-0.4, -0.2) is 9.97 Å². The van der Waals surface area contributed by atoms with Crippen molar-refractivity contribution in [3.8, 4) is 11.5 Å². The van der Waals surface area contributed by atoms with Gasteiger partial charge in [-0.05, 0) is 16.7 Å². The lowest BCUT2D eigenvalue weighted by Gasteiger charge is -2.00. The van der Waals surface area contributed by atoms with E-state index in [1.807, 2.05) is 6.92 Å². The summed E-state index contributed by atoms with van der Waals surface area (Å²) in [5.74, 6) is 1.28. The molecule has 0 amide bonds. The first-order valence-corrected chi connectivity index (χ1v) is 5.28. The third-order valence-corrected chi connectivity index (χ3v) is 2.31. The maximum atomic E-state index is 8.45. The molecule has 2 rings (SSSR count). The highest BCUT2D eigenvalue weighted by atomic mass is 35.5. The summed E-state index contributed by atoms with van der Waals surface area (Å²) < 4.78 is 5.47. The Hall–Kier alpha value is -2.04. The molecule has 6 nitrogen and oxygen atoms in total. The third-order valence-electron chi connectivity index (χ3n) is 2.11. The van der Waals surface area contributed by atoms with Crippen LogP contribution in [-0.2, 0) is 6.42 Å². The molecule has 0 aliphatic carbocycles. The first kappa shape index (κ1) is 11.4. The Morgan fingerprint density at radius 3 is 2.94 bits per heavy atom. The Morgan fingerprint density at radius 2 is 2.29 bits per heavy atom. The number of pyridine rings is 1. The number of aryl methyl sites for hydroxylation is 1. The fourth-order valence-electron chi connectivity index (χ4n) is 1.31. The molecule has 17 heavy (non-hydrogen) atoms. The van der Waals surface area contributed by atoms with Gasteiger partial charge in [-0.2, -0.15) is 0 Å². The lowest BCUT2D eigenvalue weighted by molar-refractivity contribution is 0.524. The fourth-order valence-corrected chi connectivity index (χ4v) is 1.46. The van der Waals surface area contributed by atoms with Gasteiger partial charge in [0.05, 0.1) is 16.8 Å². The van der Waals surface area contributed by atoms with E-state index in [0.29, 0.717) is 16.5 Å². The van der Waals surface area contributed by atoms with Crippen LogP contribution in [0.1, 0.15) is 12.7 Å². The van der Waals surface area contributed by atoms with E-state index in [-0.39, 0.29) is 5.82 Å². The quantitative estimate of drug-likeness (QED) is 0.469. The molecule has 0 aliphatic heterocycles. The van der Waals surface area contributed by atoms with E-state index < -0.39 is 0 Å². The Morgan fingerprint density at radius 1 is 1.47 bits per heavy atom. The van der Waals surface area contributed by atoms with Gasteiger partial charge in [0.1, 0.15) is 11.6 Å². The summed E-state index contributed by atoms with van der Waals surface area (Å²) in [4.78, 5) is 10.7. The van der Waals surface area contributed by atoms with Crippen LogP contribution >= 0.6 is 11.6 Å². The van der Waals surface area contributed by atoms with Crippen molar-refractivity contribution in [1.82, 2.24) is 9.97 Å². The highest BCUT2D eigenvalue weighted by Crippen LogP contribution is 2.30. The second-order valence-corrected chi connectivity index (χ2v) is 3.64. The number of azide groups is 1. The average molecular weight is 250 g/mol. The number of rotatable bonds is 3. The van der Waals surface area contributed by atoms with Crippen LogP contribution in [0.2, 0.25) is 5.02 Å². The number of hydrogen-bond acceptors (Lipinski definition) is 4. The Balaban J connectivity index is 2.55. The minimum atomic E-state index is 0.196. The molecule has 0 saturated carbocycles. The summed E-state index contributed by atoms with van der Waals surface area (Å²) >= 11 is 5.84. The number of hydrogen-bond donors (Lipinski definition) is 0. The summed E-state index contributed by atoms with van der Waals surface area (Å²) in [5, 5.41) is 3.89. The molecule has 2 aromatic rings.